The number of aliphatic hydroxyl groups excluding tert-OH is 1. The predicted octanol–water partition coefficient (Wildman–Crippen LogP) is 4.56. The maximum atomic E-state index is 9.45. The first kappa shape index (κ1) is 19.3. The molecule has 0 spiro atoms. The van der Waals surface area contributed by atoms with Crippen LogP contribution in [0.1, 0.15) is 82.3 Å². The van der Waals surface area contributed by atoms with Crippen LogP contribution in [0.2, 0.25) is 0 Å². The number of hydrogen-bond donors (Lipinski definition) is 2. The SMILES string of the molecule is CCCCCCCOc1ccc2c(c1)CCC[C@@H]2C[C@](C)(N)CO. The average molecular weight is 334 g/mol. The first-order valence-corrected chi connectivity index (χ1v) is 9.71. The van der Waals surface area contributed by atoms with Crippen LogP contribution in [0.15, 0.2) is 18.2 Å². The number of fused-ring (bicyclic) bond motifs is 1. The number of nitrogens with two attached hydrogens (primary N) is 1. The molecule has 1 aromatic rings. The summed E-state index contributed by atoms with van der Waals surface area (Å²) in [6.45, 7) is 5.04. The second kappa shape index (κ2) is 9.43. The van der Waals surface area contributed by atoms with Gasteiger partial charge < -0.3 is 15.6 Å². The van der Waals surface area contributed by atoms with E-state index in [0.717, 1.165) is 38.0 Å². The standard InChI is InChI=1S/C21H35NO2/c1-3-4-5-6-7-13-24-19-11-12-20-17(14-19)9-8-10-18(20)15-21(2,22)16-23/h11-12,14,18,23H,3-10,13,15-16,22H2,1-2H3/t18-,21+/m1/s1. The van der Waals surface area contributed by atoms with Crippen LogP contribution < -0.4 is 10.5 Å². The molecular weight excluding hydrogens is 298 g/mol. The number of unbranched alkanes of at least 4 members (excludes halogenated alkanes) is 4. The topological polar surface area (TPSA) is 55.5 Å². The molecule has 136 valence electrons. The summed E-state index contributed by atoms with van der Waals surface area (Å²) in [6.07, 6.45) is 10.7. The molecule has 0 unspecified atom stereocenters. The van der Waals surface area contributed by atoms with Gasteiger partial charge in [0.2, 0.25) is 0 Å². The van der Waals surface area contributed by atoms with Gasteiger partial charge in [-0.1, -0.05) is 38.7 Å². The first-order chi connectivity index (χ1) is 11.6. The molecule has 1 aliphatic rings. The van der Waals surface area contributed by atoms with Crippen molar-refractivity contribution < 1.29 is 9.84 Å². The summed E-state index contributed by atoms with van der Waals surface area (Å²) in [5.41, 5.74) is 8.49. The van der Waals surface area contributed by atoms with Crippen molar-refractivity contribution in [3.63, 3.8) is 0 Å². The largest absolute Gasteiger partial charge is 0.494 e. The molecule has 3 nitrogen and oxygen atoms in total. The molecule has 1 aromatic carbocycles. The molecule has 0 fully saturated rings. The van der Waals surface area contributed by atoms with E-state index in [-0.39, 0.29) is 6.61 Å². The summed E-state index contributed by atoms with van der Waals surface area (Å²) in [7, 11) is 0. The third-order valence-electron chi connectivity index (χ3n) is 5.14. The van der Waals surface area contributed by atoms with Crippen LogP contribution in [0, 0.1) is 0 Å². The Morgan fingerprint density at radius 2 is 2.04 bits per heavy atom. The fraction of sp³-hybridized carbons (Fsp3) is 0.714. The summed E-state index contributed by atoms with van der Waals surface area (Å²) in [5, 5.41) is 9.45. The quantitative estimate of drug-likeness (QED) is 0.617. The monoisotopic (exact) mass is 333 g/mol. The third kappa shape index (κ3) is 5.78. The Morgan fingerprint density at radius 1 is 1.25 bits per heavy atom. The summed E-state index contributed by atoms with van der Waals surface area (Å²) >= 11 is 0. The highest BCUT2D eigenvalue weighted by Crippen LogP contribution is 2.37. The predicted molar refractivity (Wildman–Crippen MR) is 101 cm³/mol. The van der Waals surface area contributed by atoms with Crippen LogP contribution in [0.25, 0.3) is 0 Å². The molecule has 0 saturated carbocycles. The second-order valence-electron chi connectivity index (χ2n) is 7.73. The van der Waals surface area contributed by atoms with Gasteiger partial charge in [-0.3, -0.25) is 0 Å². The van der Waals surface area contributed by atoms with Gasteiger partial charge in [-0.2, -0.15) is 0 Å². The van der Waals surface area contributed by atoms with Crippen LogP contribution in [0.5, 0.6) is 5.75 Å². The van der Waals surface area contributed by atoms with E-state index in [2.05, 4.69) is 25.1 Å². The molecule has 0 amide bonds. The van der Waals surface area contributed by atoms with Gasteiger partial charge in [0.1, 0.15) is 5.75 Å². The number of ether oxygens (including phenoxy) is 1. The Morgan fingerprint density at radius 3 is 2.79 bits per heavy atom. The Bertz CT molecular complexity index is 499. The van der Waals surface area contributed by atoms with E-state index < -0.39 is 5.54 Å². The summed E-state index contributed by atoms with van der Waals surface area (Å²) in [4.78, 5) is 0. The van der Waals surface area contributed by atoms with Gasteiger partial charge in [0.25, 0.3) is 0 Å². The summed E-state index contributed by atoms with van der Waals surface area (Å²) in [5.74, 6) is 1.46. The van der Waals surface area contributed by atoms with Crippen molar-refractivity contribution in [3.8, 4) is 5.75 Å². The number of aliphatic hydroxyl groups is 1. The smallest absolute Gasteiger partial charge is 0.119 e. The fourth-order valence-electron chi connectivity index (χ4n) is 3.72. The van der Waals surface area contributed by atoms with Gasteiger partial charge in [0.15, 0.2) is 0 Å². The van der Waals surface area contributed by atoms with Gasteiger partial charge in [0.05, 0.1) is 13.2 Å². The molecule has 2 rings (SSSR count). The highest BCUT2D eigenvalue weighted by Gasteiger charge is 2.27. The van der Waals surface area contributed by atoms with Gasteiger partial charge in [-0.05, 0) is 68.2 Å². The highest BCUT2D eigenvalue weighted by molar-refractivity contribution is 5.39. The molecule has 3 N–H and O–H groups in total. The van der Waals surface area contributed by atoms with Crippen LogP contribution in [-0.2, 0) is 6.42 Å². The number of hydrogen-bond acceptors (Lipinski definition) is 3. The molecule has 0 heterocycles. The Hall–Kier alpha value is -1.06. The zero-order valence-electron chi connectivity index (χ0n) is 15.5. The van der Waals surface area contributed by atoms with Crippen LogP contribution in [0.3, 0.4) is 0 Å². The summed E-state index contributed by atoms with van der Waals surface area (Å²) in [6, 6.07) is 6.55. The van der Waals surface area contributed by atoms with Crippen LogP contribution in [-0.4, -0.2) is 23.9 Å². The van der Waals surface area contributed by atoms with E-state index in [1.807, 2.05) is 6.92 Å². The molecule has 0 aliphatic heterocycles. The molecule has 2 atom stereocenters. The van der Waals surface area contributed by atoms with E-state index in [1.165, 1.54) is 43.2 Å². The average Bonchev–Trinajstić information content (AvgIpc) is 2.58. The summed E-state index contributed by atoms with van der Waals surface area (Å²) < 4.78 is 5.94. The van der Waals surface area contributed by atoms with Crippen molar-refractivity contribution in [2.45, 2.75) is 83.1 Å². The fourth-order valence-corrected chi connectivity index (χ4v) is 3.72. The normalized spacial score (nSPS) is 19.6. The number of benzene rings is 1. The Kier molecular flexibility index (Phi) is 7.57. The molecule has 0 aromatic heterocycles. The minimum absolute atomic E-state index is 0.0397. The second-order valence-corrected chi connectivity index (χ2v) is 7.73. The number of aryl methyl sites for hydroxylation is 1. The van der Waals surface area contributed by atoms with E-state index in [9.17, 15) is 5.11 Å². The minimum atomic E-state index is -0.493. The van der Waals surface area contributed by atoms with E-state index in [0.29, 0.717) is 5.92 Å². The van der Waals surface area contributed by atoms with E-state index in [4.69, 9.17) is 10.5 Å². The minimum Gasteiger partial charge on any atom is -0.494 e. The van der Waals surface area contributed by atoms with Crippen molar-refractivity contribution in [2.24, 2.45) is 5.73 Å². The maximum Gasteiger partial charge on any atom is 0.119 e. The lowest BCUT2D eigenvalue weighted by Gasteiger charge is -2.32. The van der Waals surface area contributed by atoms with Gasteiger partial charge in [-0.15, -0.1) is 0 Å². The van der Waals surface area contributed by atoms with Crippen LogP contribution >= 0.6 is 0 Å². The molecule has 1 aliphatic carbocycles. The zero-order chi connectivity index (χ0) is 17.4. The number of rotatable bonds is 10. The molecule has 24 heavy (non-hydrogen) atoms. The molecule has 0 bridgehead atoms. The van der Waals surface area contributed by atoms with Gasteiger partial charge in [-0.25, -0.2) is 0 Å². The lowest BCUT2D eigenvalue weighted by Crippen LogP contribution is -2.42. The molecule has 0 saturated heterocycles. The lowest BCUT2D eigenvalue weighted by atomic mass is 9.76. The van der Waals surface area contributed by atoms with Crippen molar-refractivity contribution in [1.29, 1.82) is 0 Å². The third-order valence-corrected chi connectivity index (χ3v) is 5.14. The van der Waals surface area contributed by atoms with E-state index in [1.54, 1.807) is 0 Å². The van der Waals surface area contributed by atoms with E-state index >= 15 is 0 Å². The molecule has 3 heteroatoms. The van der Waals surface area contributed by atoms with Gasteiger partial charge in [0, 0.05) is 5.54 Å². The zero-order valence-corrected chi connectivity index (χ0v) is 15.5. The molecular formula is C21H35NO2. The molecule has 0 radical (unpaired) electrons. The Balaban J connectivity index is 1.90. The van der Waals surface area contributed by atoms with Crippen molar-refractivity contribution in [3.05, 3.63) is 29.3 Å². The van der Waals surface area contributed by atoms with Crippen LogP contribution in [0.4, 0.5) is 0 Å². The van der Waals surface area contributed by atoms with Crippen molar-refractivity contribution in [1.82, 2.24) is 0 Å². The van der Waals surface area contributed by atoms with Crippen molar-refractivity contribution >= 4 is 0 Å². The first-order valence-electron chi connectivity index (χ1n) is 9.71. The highest BCUT2D eigenvalue weighted by atomic mass is 16.5. The lowest BCUT2D eigenvalue weighted by molar-refractivity contribution is 0.189. The van der Waals surface area contributed by atoms with Crippen molar-refractivity contribution in [2.75, 3.05) is 13.2 Å². The maximum absolute atomic E-state index is 9.45. The van der Waals surface area contributed by atoms with Gasteiger partial charge >= 0.3 is 0 Å². The Labute approximate surface area is 147 Å².